The van der Waals surface area contributed by atoms with E-state index in [0.717, 1.165) is 12.8 Å². The van der Waals surface area contributed by atoms with Gasteiger partial charge in [0.25, 0.3) is 5.88 Å². The number of hydrogen-bond donors (Lipinski definition) is 1. The molecule has 1 aliphatic heterocycles. The molecular formula is C24H22ClF2N5O3. The Morgan fingerprint density at radius 2 is 2.11 bits per heavy atom. The minimum atomic E-state index is -0.706. The number of fused-ring (bicyclic) bond motifs is 1. The molecule has 1 N–H and O–H groups in total. The lowest BCUT2D eigenvalue weighted by Gasteiger charge is -2.16. The van der Waals surface area contributed by atoms with Crippen molar-refractivity contribution in [2.75, 3.05) is 25.0 Å². The van der Waals surface area contributed by atoms with Gasteiger partial charge in [-0.2, -0.15) is 0 Å². The van der Waals surface area contributed by atoms with Gasteiger partial charge < -0.3 is 19.7 Å². The summed E-state index contributed by atoms with van der Waals surface area (Å²) < 4.78 is 41.0. The molecule has 8 nitrogen and oxygen atoms in total. The second-order valence-corrected chi connectivity index (χ2v) is 8.88. The van der Waals surface area contributed by atoms with E-state index in [1.165, 1.54) is 24.5 Å². The molecule has 3 heterocycles. The summed E-state index contributed by atoms with van der Waals surface area (Å²) in [6.45, 7) is 4.74. The number of benzene rings is 1. The monoisotopic (exact) mass is 501 g/mol. The summed E-state index contributed by atoms with van der Waals surface area (Å²) in [5, 5.41) is 2.72. The molecule has 0 bridgehead atoms. The van der Waals surface area contributed by atoms with Crippen molar-refractivity contribution in [1.82, 2.24) is 19.9 Å². The van der Waals surface area contributed by atoms with Crippen molar-refractivity contribution < 1.29 is 23.0 Å². The van der Waals surface area contributed by atoms with E-state index >= 15 is 0 Å². The van der Waals surface area contributed by atoms with E-state index < -0.39 is 17.7 Å². The third-order valence-electron chi connectivity index (χ3n) is 5.91. The van der Waals surface area contributed by atoms with Gasteiger partial charge in [0.05, 0.1) is 24.4 Å². The summed E-state index contributed by atoms with van der Waals surface area (Å²) in [5.41, 5.74) is 0.445. The van der Waals surface area contributed by atoms with E-state index in [1.807, 2.05) is 0 Å². The molecule has 2 fully saturated rings. The SMILES string of the molecule is C=CC(=O)N1CC[C@H](Oc2nc3c(Nc4ccc(OCC5CC5)c(Cl)c4F)ncnc3cc2F)C1. The molecule has 1 aliphatic carbocycles. The van der Waals surface area contributed by atoms with Gasteiger partial charge in [0.1, 0.15) is 28.7 Å². The highest BCUT2D eigenvalue weighted by molar-refractivity contribution is 6.32. The van der Waals surface area contributed by atoms with Crippen LogP contribution in [0.25, 0.3) is 11.0 Å². The van der Waals surface area contributed by atoms with Crippen LogP contribution in [-0.4, -0.2) is 51.6 Å². The van der Waals surface area contributed by atoms with E-state index in [-0.39, 0.29) is 45.1 Å². The highest BCUT2D eigenvalue weighted by atomic mass is 35.5. The minimum Gasteiger partial charge on any atom is -0.492 e. The summed E-state index contributed by atoms with van der Waals surface area (Å²) >= 11 is 6.18. The van der Waals surface area contributed by atoms with E-state index in [4.69, 9.17) is 21.1 Å². The molecule has 5 rings (SSSR count). The van der Waals surface area contributed by atoms with Gasteiger partial charge >= 0.3 is 0 Å². The molecule has 35 heavy (non-hydrogen) atoms. The van der Waals surface area contributed by atoms with E-state index in [0.29, 0.717) is 32.0 Å². The predicted octanol–water partition coefficient (Wildman–Crippen LogP) is 4.65. The molecule has 1 aromatic carbocycles. The van der Waals surface area contributed by atoms with Crippen LogP contribution >= 0.6 is 11.6 Å². The molecule has 0 unspecified atom stereocenters. The van der Waals surface area contributed by atoms with Crippen molar-refractivity contribution in [2.24, 2.45) is 5.92 Å². The number of carbonyl (C=O) groups excluding carboxylic acids is 1. The van der Waals surface area contributed by atoms with Crippen LogP contribution in [0.4, 0.5) is 20.3 Å². The van der Waals surface area contributed by atoms with Gasteiger partial charge in [-0.25, -0.2) is 23.7 Å². The molecule has 11 heteroatoms. The first-order valence-electron chi connectivity index (χ1n) is 11.2. The first kappa shape index (κ1) is 23.2. The number of hydrogen-bond acceptors (Lipinski definition) is 7. The van der Waals surface area contributed by atoms with Gasteiger partial charge in [0, 0.05) is 19.0 Å². The lowest BCUT2D eigenvalue weighted by Crippen LogP contribution is -2.29. The summed E-state index contributed by atoms with van der Waals surface area (Å²) in [4.78, 5) is 25.8. The number of rotatable bonds is 8. The van der Waals surface area contributed by atoms with Crippen molar-refractivity contribution >= 4 is 40.0 Å². The molecule has 1 amide bonds. The zero-order valence-corrected chi connectivity index (χ0v) is 19.4. The molecule has 3 aromatic rings. The van der Waals surface area contributed by atoms with Gasteiger partial charge in [-0.1, -0.05) is 18.2 Å². The van der Waals surface area contributed by atoms with Crippen LogP contribution < -0.4 is 14.8 Å². The number of carbonyl (C=O) groups is 1. The zero-order valence-electron chi connectivity index (χ0n) is 18.6. The molecule has 1 saturated carbocycles. The van der Waals surface area contributed by atoms with E-state index in [1.54, 1.807) is 11.0 Å². The average Bonchev–Trinajstić information content (AvgIpc) is 3.57. The third kappa shape index (κ3) is 4.97. The van der Waals surface area contributed by atoms with Gasteiger partial charge in [0.15, 0.2) is 17.5 Å². The van der Waals surface area contributed by atoms with Crippen LogP contribution in [0.2, 0.25) is 5.02 Å². The average molecular weight is 502 g/mol. The smallest absolute Gasteiger partial charge is 0.251 e. The van der Waals surface area contributed by atoms with Crippen LogP contribution in [0, 0.1) is 17.6 Å². The number of likely N-dealkylation sites (tertiary alicyclic amines) is 1. The highest BCUT2D eigenvalue weighted by Crippen LogP contribution is 2.36. The van der Waals surface area contributed by atoms with Crippen molar-refractivity contribution in [1.29, 1.82) is 0 Å². The largest absolute Gasteiger partial charge is 0.492 e. The number of nitrogens with zero attached hydrogens (tertiary/aromatic N) is 4. The number of halogens is 3. The molecule has 2 aliphatic rings. The van der Waals surface area contributed by atoms with Crippen LogP contribution in [-0.2, 0) is 4.79 Å². The number of nitrogens with one attached hydrogen (secondary N) is 1. The lowest BCUT2D eigenvalue weighted by atomic mass is 10.2. The Labute approximate surface area is 204 Å². The second kappa shape index (κ2) is 9.61. The standard InChI is InChI=1S/C24H22ClF2N5O3/c1-2-19(33)32-8-7-14(10-32)35-24-15(26)9-17-22(31-24)23(29-12-28-17)30-16-5-6-18(20(25)21(16)27)34-11-13-3-4-13/h2,5-6,9,12-14H,1,3-4,7-8,10-11H2,(H,28,29,30)/t14-/m0/s1. The summed E-state index contributed by atoms with van der Waals surface area (Å²) in [6, 6.07) is 4.24. The van der Waals surface area contributed by atoms with Gasteiger partial charge in [0.2, 0.25) is 5.91 Å². The fraction of sp³-hybridized carbons (Fsp3) is 0.333. The van der Waals surface area contributed by atoms with Crippen molar-refractivity contribution in [2.45, 2.75) is 25.4 Å². The number of aromatic nitrogens is 3. The van der Waals surface area contributed by atoms with Crippen molar-refractivity contribution in [3.8, 4) is 11.6 Å². The van der Waals surface area contributed by atoms with E-state index in [2.05, 4.69) is 26.8 Å². The maximum atomic E-state index is 15.0. The molecule has 182 valence electrons. The number of amides is 1. The fourth-order valence-electron chi connectivity index (χ4n) is 3.79. The lowest BCUT2D eigenvalue weighted by molar-refractivity contribution is -0.125. The quantitative estimate of drug-likeness (QED) is 0.449. The molecular weight excluding hydrogens is 480 g/mol. The van der Waals surface area contributed by atoms with Gasteiger partial charge in [-0.3, -0.25) is 4.79 Å². The number of ether oxygens (including phenoxy) is 2. The van der Waals surface area contributed by atoms with Crippen LogP contribution in [0.1, 0.15) is 19.3 Å². The first-order valence-corrected chi connectivity index (χ1v) is 11.6. The third-order valence-corrected chi connectivity index (χ3v) is 6.26. The Bertz CT molecular complexity index is 1300. The van der Waals surface area contributed by atoms with Crippen molar-refractivity contribution in [3.63, 3.8) is 0 Å². The van der Waals surface area contributed by atoms with Crippen LogP contribution in [0.3, 0.4) is 0 Å². The Kier molecular flexibility index (Phi) is 6.38. The van der Waals surface area contributed by atoms with Crippen LogP contribution in [0.15, 0.2) is 37.2 Å². The maximum Gasteiger partial charge on any atom is 0.251 e. The Morgan fingerprint density at radius 1 is 1.29 bits per heavy atom. The topological polar surface area (TPSA) is 89.5 Å². The highest BCUT2D eigenvalue weighted by Gasteiger charge is 2.28. The molecule has 0 spiro atoms. The Morgan fingerprint density at radius 3 is 2.89 bits per heavy atom. The molecule has 0 radical (unpaired) electrons. The van der Waals surface area contributed by atoms with Crippen molar-refractivity contribution in [3.05, 3.63) is 53.8 Å². The fourth-order valence-corrected chi connectivity index (χ4v) is 4.01. The zero-order chi connectivity index (χ0) is 24.5. The molecule has 1 atom stereocenters. The first-order chi connectivity index (χ1) is 16.9. The van der Waals surface area contributed by atoms with E-state index in [9.17, 15) is 13.6 Å². The summed E-state index contributed by atoms with van der Waals surface area (Å²) in [6.07, 6.45) is 4.74. The molecule has 2 aromatic heterocycles. The second-order valence-electron chi connectivity index (χ2n) is 8.50. The van der Waals surface area contributed by atoms with Gasteiger partial charge in [-0.05, 0) is 37.0 Å². The Hall–Kier alpha value is -3.53. The number of anilines is 2. The molecule has 1 saturated heterocycles. The Balaban J connectivity index is 1.38. The maximum absolute atomic E-state index is 15.0. The predicted molar refractivity (Wildman–Crippen MR) is 126 cm³/mol. The van der Waals surface area contributed by atoms with Gasteiger partial charge in [-0.15, -0.1) is 0 Å². The summed E-state index contributed by atoms with van der Waals surface area (Å²) in [7, 11) is 0. The normalized spacial score (nSPS) is 17.5. The van der Waals surface area contributed by atoms with Crippen LogP contribution in [0.5, 0.6) is 11.6 Å². The minimum absolute atomic E-state index is 0.0525. The summed E-state index contributed by atoms with van der Waals surface area (Å²) in [5.74, 6) is -0.965. The number of pyridine rings is 1.